The number of carbonyl (C=O) groups is 3. The Kier molecular flexibility index (Phi) is 2.83. The van der Waals surface area contributed by atoms with Crippen molar-refractivity contribution in [2.75, 3.05) is 11.4 Å². The summed E-state index contributed by atoms with van der Waals surface area (Å²) in [6.45, 7) is 3.04. The third kappa shape index (κ3) is 2.29. The van der Waals surface area contributed by atoms with Crippen LogP contribution >= 0.6 is 0 Å². The number of rotatable bonds is 1. The van der Waals surface area contributed by atoms with Crippen molar-refractivity contribution in [1.82, 2.24) is 0 Å². The minimum absolute atomic E-state index is 0.0691. The predicted octanol–water partition coefficient (Wildman–Crippen LogP) is 1.41. The van der Waals surface area contributed by atoms with E-state index in [9.17, 15) is 14.4 Å². The van der Waals surface area contributed by atoms with E-state index >= 15 is 0 Å². The highest BCUT2D eigenvalue weighted by Gasteiger charge is 2.40. The van der Waals surface area contributed by atoms with Gasteiger partial charge in [-0.15, -0.1) is 0 Å². The summed E-state index contributed by atoms with van der Waals surface area (Å²) in [4.78, 5) is 37.2. The summed E-state index contributed by atoms with van der Waals surface area (Å²) in [6.07, 6.45) is 1.31. The molecule has 1 saturated heterocycles. The van der Waals surface area contributed by atoms with Crippen LogP contribution in [0.2, 0.25) is 0 Å². The lowest BCUT2D eigenvalue weighted by Crippen LogP contribution is -2.42. The molecule has 1 aromatic rings. The molecular formula is C15H13NO5. The largest absolute Gasteiger partial charge is 0.419 e. The molecule has 6 heteroatoms. The molecule has 108 valence electrons. The molecule has 0 spiro atoms. The fourth-order valence-corrected chi connectivity index (χ4v) is 2.32. The second-order valence-corrected chi connectivity index (χ2v) is 5.29. The number of Topliss-reactive ketones (excluding diaryl/α,β-unsaturated/α-hetero) is 1. The van der Waals surface area contributed by atoms with Gasteiger partial charge >= 0.3 is 11.9 Å². The first-order valence-electron chi connectivity index (χ1n) is 6.45. The van der Waals surface area contributed by atoms with E-state index in [1.54, 1.807) is 29.2 Å². The van der Waals surface area contributed by atoms with Crippen molar-refractivity contribution in [3.05, 3.63) is 41.6 Å². The zero-order chi connectivity index (χ0) is 15.2. The molecule has 3 rings (SSSR count). The first-order valence-corrected chi connectivity index (χ1v) is 6.45. The number of esters is 2. The first kappa shape index (κ1) is 13.4. The van der Waals surface area contributed by atoms with Gasteiger partial charge in [-0.1, -0.05) is 12.1 Å². The van der Waals surface area contributed by atoms with Crippen LogP contribution in [0.1, 0.15) is 24.2 Å². The van der Waals surface area contributed by atoms with Crippen LogP contribution in [0, 0.1) is 0 Å². The van der Waals surface area contributed by atoms with Crippen LogP contribution in [0.25, 0.3) is 0 Å². The van der Waals surface area contributed by atoms with Crippen LogP contribution in [-0.2, 0) is 19.1 Å². The van der Waals surface area contributed by atoms with Gasteiger partial charge in [0.15, 0.2) is 11.4 Å². The van der Waals surface area contributed by atoms with Crippen molar-refractivity contribution < 1.29 is 23.9 Å². The summed E-state index contributed by atoms with van der Waals surface area (Å²) in [6, 6.07) is 7.00. The second kappa shape index (κ2) is 4.44. The van der Waals surface area contributed by atoms with Crippen LogP contribution < -0.4 is 4.90 Å². The Morgan fingerprint density at radius 1 is 1.10 bits per heavy atom. The molecule has 0 radical (unpaired) electrons. The standard InChI is InChI=1S/C15H13NO5/c1-15(2)20-13(18)10(14(19)21-15)7-16-8-12(17)9-5-3-4-6-11(9)16/h3-7H,8H2,1-2H3. The molecule has 2 heterocycles. The number of anilines is 1. The molecule has 0 unspecified atom stereocenters. The summed E-state index contributed by atoms with van der Waals surface area (Å²) in [7, 11) is 0. The molecule has 2 aliphatic heterocycles. The van der Waals surface area contributed by atoms with E-state index < -0.39 is 17.7 Å². The van der Waals surface area contributed by atoms with Crippen LogP contribution in [0.15, 0.2) is 36.0 Å². The van der Waals surface area contributed by atoms with Crippen molar-refractivity contribution in [3.8, 4) is 0 Å². The number of nitrogens with zero attached hydrogens (tertiary/aromatic N) is 1. The van der Waals surface area contributed by atoms with Crippen molar-refractivity contribution in [2.45, 2.75) is 19.6 Å². The smallest absolute Gasteiger partial charge is 0.350 e. The van der Waals surface area contributed by atoms with E-state index in [2.05, 4.69) is 0 Å². The van der Waals surface area contributed by atoms with Gasteiger partial charge in [-0.3, -0.25) is 4.79 Å². The maximum Gasteiger partial charge on any atom is 0.350 e. The monoisotopic (exact) mass is 287 g/mol. The summed E-state index contributed by atoms with van der Waals surface area (Å²) in [5.41, 5.74) is 0.992. The minimum atomic E-state index is -1.27. The quantitative estimate of drug-likeness (QED) is 0.442. The fraction of sp³-hybridized carbons (Fsp3) is 0.267. The molecule has 21 heavy (non-hydrogen) atoms. The lowest BCUT2D eigenvalue weighted by Gasteiger charge is -2.30. The van der Waals surface area contributed by atoms with Gasteiger partial charge in [0.2, 0.25) is 0 Å². The van der Waals surface area contributed by atoms with Gasteiger partial charge in [-0.25, -0.2) is 9.59 Å². The van der Waals surface area contributed by atoms with E-state index in [-0.39, 0.29) is 17.9 Å². The Balaban J connectivity index is 1.95. The summed E-state index contributed by atoms with van der Waals surface area (Å²) < 4.78 is 10.0. The number of para-hydroxylation sites is 1. The Morgan fingerprint density at radius 3 is 2.38 bits per heavy atom. The Labute approximate surface area is 120 Å². The summed E-state index contributed by atoms with van der Waals surface area (Å²) in [5.74, 6) is -2.86. The normalized spacial score (nSPS) is 20.0. The van der Waals surface area contributed by atoms with Crippen molar-refractivity contribution in [2.24, 2.45) is 0 Å². The van der Waals surface area contributed by atoms with E-state index in [1.807, 2.05) is 0 Å². The minimum Gasteiger partial charge on any atom is -0.419 e. The van der Waals surface area contributed by atoms with E-state index in [0.717, 1.165) is 0 Å². The Morgan fingerprint density at radius 2 is 1.71 bits per heavy atom. The molecule has 0 N–H and O–H groups in total. The topological polar surface area (TPSA) is 72.9 Å². The van der Waals surface area contributed by atoms with Gasteiger partial charge in [0, 0.05) is 25.6 Å². The number of carbonyl (C=O) groups excluding carboxylic acids is 3. The highest BCUT2D eigenvalue weighted by Crippen LogP contribution is 2.30. The van der Waals surface area contributed by atoms with Crippen LogP contribution in [0.5, 0.6) is 0 Å². The fourth-order valence-electron chi connectivity index (χ4n) is 2.32. The molecule has 2 aliphatic rings. The van der Waals surface area contributed by atoms with Gasteiger partial charge in [-0.05, 0) is 12.1 Å². The van der Waals surface area contributed by atoms with Crippen molar-refractivity contribution >= 4 is 23.4 Å². The highest BCUT2D eigenvalue weighted by molar-refractivity contribution is 6.16. The molecule has 0 bridgehead atoms. The zero-order valence-electron chi connectivity index (χ0n) is 11.6. The molecule has 6 nitrogen and oxygen atoms in total. The molecular weight excluding hydrogens is 274 g/mol. The number of fused-ring (bicyclic) bond motifs is 1. The Bertz CT molecular complexity index is 667. The first-order chi connectivity index (χ1) is 9.87. The molecule has 0 saturated carbocycles. The highest BCUT2D eigenvalue weighted by atomic mass is 16.7. The summed E-state index contributed by atoms with van der Waals surface area (Å²) >= 11 is 0. The number of cyclic esters (lactones) is 2. The third-order valence-electron chi connectivity index (χ3n) is 3.23. The maximum absolute atomic E-state index is 11.9. The Hall–Kier alpha value is -2.63. The second-order valence-electron chi connectivity index (χ2n) is 5.29. The maximum atomic E-state index is 11.9. The molecule has 0 aliphatic carbocycles. The lowest BCUT2D eigenvalue weighted by molar-refractivity contribution is -0.222. The van der Waals surface area contributed by atoms with Gasteiger partial charge in [0.05, 0.1) is 12.2 Å². The SMILES string of the molecule is CC1(C)OC(=O)C(=CN2CC(=O)c3ccccc32)C(=O)O1. The van der Waals surface area contributed by atoms with Crippen LogP contribution in [0.3, 0.4) is 0 Å². The number of ether oxygens (including phenoxy) is 2. The van der Waals surface area contributed by atoms with Gasteiger partial charge in [0.25, 0.3) is 5.79 Å². The number of hydrogen-bond acceptors (Lipinski definition) is 6. The van der Waals surface area contributed by atoms with E-state index in [1.165, 1.54) is 20.0 Å². The van der Waals surface area contributed by atoms with E-state index in [4.69, 9.17) is 9.47 Å². The van der Waals surface area contributed by atoms with Crippen molar-refractivity contribution in [3.63, 3.8) is 0 Å². The van der Waals surface area contributed by atoms with Gasteiger partial charge in [0.1, 0.15) is 0 Å². The van der Waals surface area contributed by atoms with Crippen molar-refractivity contribution in [1.29, 1.82) is 0 Å². The average Bonchev–Trinajstić information content (AvgIpc) is 2.70. The number of benzene rings is 1. The number of ketones is 1. The predicted molar refractivity (Wildman–Crippen MR) is 72.5 cm³/mol. The molecule has 0 amide bonds. The third-order valence-corrected chi connectivity index (χ3v) is 3.23. The molecule has 0 aromatic heterocycles. The van der Waals surface area contributed by atoms with E-state index in [0.29, 0.717) is 11.3 Å². The number of hydrogen-bond donors (Lipinski definition) is 0. The average molecular weight is 287 g/mol. The molecule has 1 fully saturated rings. The summed E-state index contributed by atoms with van der Waals surface area (Å²) in [5, 5.41) is 0. The lowest BCUT2D eigenvalue weighted by atomic mass is 10.1. The molecule has 0 atom stereocenters. The van der Waals surface area contributed by atoms with Crippen LogP contribution in [0.4, 0.5) is 5.69 Å². The zero-order valence-corrected chi connectivity index (χ0v) is 11.6. The molecule has 1 aromatic carbocycles. The van der Waals surface area contributed by atoms with Gasteiger partial charge < -0.3 is 14.4 Å². The van der Waals surface area contributed by atoms with Gasteiger partial charge in [-0.2, -0.15) is 0 Å². The van der Waals surface area contributed by atoms with Crippen LogP contribution in [-0.4, -0.2) is 30.1 Å².